The van der Waals surface area contributed by atoms with E-state index >= 15 is 0 Å². The minimum Gasteiger partial charge on any atom is -0.507 e. The molecule has 1 fully saturated rings. The molecule has 1 aliphatic rings. The fourth-order valence-corrected chi connectivity index (χ4v) is 3.84. The minimum atomic E-state index is -0.813. The minimum absolute atomic E-state index is 0.00610. The van der Waals surface area contributed by atoms with Gasteiger partial charge in [0.25, 0.3) is 11.7 Å². The second-order valence-corrected chi connectivity index (χ2v) is 7.28. The largest absolute Gasteiger partial charge is 0.507 e. The van der Waals surface area contributed by atoms with E-state index < -0.39 is 17.7 Å². The molecule has 0 spiro atoms. The molecule has 1 amide bonds. The summed E-state index contributed by atoms with van der Waals surface area (Å²) in [6, 6.07) is 9.43. The first-order chi connectivity index (χ1) is 15.4. The van der Waals surface area contributed by atoms with Gasteiger partial charge in [-0.2, -0.15) is 0 Å². The van der Waals surface area contributed by atoms with E-state index in [1.807, 2.05) is 0 Å². The van der Waals surface area contributed by atoms with E-state index in [0.717, 1.165) is 0 Å². The first-order valence-corrected chi connectivity index (χ1v) is 10.0. The molecule has 1 atom stereocenters. The maximum Gasteiger partial charge on any atom is 0.295 e. The fourth-order valence-electron chi connectivity index (χ4n) is 3.84. The van der Waals surface area contributed by atoms with Crippen LogP contribution in [-0.2, 0) is 14.3 Å². The van der Waals surface area contributed by atoms with Crippen LogP contribution in [0.4, 0.5) is 0 Å². The smallest absolute Gasteiger partial charge is 0.295 e. The summed E-state index contributed by atoms with van der Waals surface area (Å²) in [4.78, 5) is 27.4. The summed E-state index contributed by atoms with van der Waals surface area (Å²) < 4.78 is 21.1. The number of nitrogens with zero attached hydrogens (tertiary/aromatic N) is 1. The average molecular weight is 441 g/mol. The van der Waals surface area contributed by atoms with Crippen molar-refractivity contribution in [3.63, 3.8) is 0 Å². The van der Waals surface area contributed by atoms with Gasteiger partial charge in [0.1, 0.15) is 11.5 Å². The molecule has 32 heavy (non-hydrogen) atoms. The van der Waals surface area contributed by atoms with Crippen molar-refractivity contribution < 1.29 is 33.6 Å². The molecule has 8 nitrogen and oxygen atoms in total. The zero-order chi connectivity index (χ0) is 23.4. The highest BCUT2D eigenvalue weighted by Gasteiger charge is 2.46. The van der Waals surface area contributed by atoms with Crippen molar-refractivity contribution in [2.24, 2.45) is 0 Å². The predicted molar refractivity (Wildman–Crippen MR) is 118 cm³/mol. The number of benzene rings is 2. The Balaban J connectivity index is 2.21. The lowest BCUT2D eigenvalue weighted by molar-refractivity contribution is -0.140. The monoisotopic (exact) mass is 441 g/mol. The van der Waals surface area contributed by atoms with E-state index in [1.54, 1.807) is 50.4 Å². The topological polar surface area (TPSA) is 94.5 Å². The number of carbonyl (C=O) groups is 2. The number of methoxy groups -OCH3 is 4. The number of ether oxygens (including phenoxy) is 4. The zero-order valence-electron chi connectivity index (χ0n) is 18.8. The van der Waals surface area contributed by atoms with Gasteiger partial charge >= 0.3 is 0 Å². The number of aryl methyl sites for hydroxylation is 1. The molecule has 1 aliphatic heterocycles. The van der Waals surface area contributed by atoms with Crippen molar-refractivity contribution in [2.45, 2.75) is 13.0 Å². The van der Waals surface area contributed by atoms with Crippen molar-refractivity contribution in [1.82, 2.24) is 4.90 Å². The first kappa shape index (κ1) is 23.1. The van der Waals surface area contributed by atoms with E-state index in [2.05, 4.69) is 0 Å². The van der Waals surface area contributed by atoms with E-state index in [0.29, 0.717) is 33.9 Å². The Morgan fingerprint density at radius 1 is 0.969 bits per heavy atom. The van der Waals surface area contributed by atoms with Crippen LogP contribution in [0.25, 0.3) is 5.76 Å². The highest BCUT2D eigenvalue weighted by atomic mass is 16.5. The van der Waals surface area contributed by atoms with E-state index in [-0.39, 0.29) is 24.5 Å². The van der Waals surface area contributed by atoms with Crippen molar-refractivity contribution >= 4 is 17.4 Å². The van der Waals surface area contributed by atoms with E-state index in [9.17, 15) is 14.7 Å². The molecule has 3 rings (SSSR count). The van der Waals surface area contributed by atoms with Gasteiger partial charge in [0, 0.05) is 19.2 Å². The third-order valence-corrected chi connectivity index (χ3v) is 5.49. The molecule has 1 heterocycles. The fraction of sp³-hybridized carbons (Fsp3) is 0.333. The quantitative estimate of drug-likeness (QED) is 0.382. The Labute approximate surface area is 187 Å². The molecule has 1 unspecified atom stereocenters. The van der Waals surface area contributed by atoms with Crippen molar-refractivity contribution in [3.05, 3.63) is 58.7 Å². The first-order valence-electron chi connectivity index (χ1n) is 10.0. The van der Waals surface area contributed by atoms with E-state index in [1.165, 1.54) is 26.2 Å². The van der Waals surface area contributed by atoms with Crippen molar-refractivity contribution in [2.75, 3.05) is 41.6 Å². The standard InChI is InChI=1S/C24H27NO7/c1-14-12-16(30-3)7-8-17(14)22(26)20-21(25(10-11-29-2)24(28)23(20)27)15-6-9-18(31-4)19(13-15)32-5/h6-9,12-13,21,26H,10-11H2,1-5H3/b22-20-. The van der Waals surface area contributed by atoms with Crippen LogP contribution in [0, 0.1) is 6.92 Å². The average Bonchev–Trinajstić information content (AvgIpc) is 3.06. The molecule has 2 aromatic rings. The number of likely N-dealkylation sites (tertiary alicyclic amines) is 1. The van der Waals surface area contributed by atoms with Crippen molar-refractivity contribution in [1.29, 1.82) is 0 Å². The Hall–Kier alpha value is -3.52. The van der Waals surface area contributed by atoms with Gasteiger partial charge in [-0.1, -0.05) is 6.07 Å². The molecule has 2 aromatic carbocycles. The molecule has 1 N–H and O–H groups in total. The Morgan fingerprint density at radius 2 is 1.69 bits per heavy atom. The van der Waals surface area contributed by atoms with Gasteiger partial charge in [-0.05, 0) is 48.4 Å². The van der Waals surface area contributed by atoms with Gasteiger partial charge in [0.2, 0.25) is 0 Å². The molecule has 0 bridgehead atoms. The maximum atomic E-state index is 13.1. The van der Waals surface area contributed by atoms with E-state index in [4.69, 9.17) is 18.9 Å². The van der Waals surface area contributed by atoms with Crippen molar-refractivity contribution in [3.8, 4) is 17.2 Å². The number of Topliss-reactive ketones (excluding diaryl/α,β-unsaturated/α-hetero) is 1. The Bertz CT molecular complexity index is 1060. The van der Waals surface area contributed by atoms with Crippen LogP contribution in [0.2, 0.25) is 0 Å². The molecule has 0 aromatic heterocycles. The second-order valence-electron chi connectivity index (χ2n) is 7.28. The van der Waals surface area contributed by atoms with Gasteiger partial charge in [-0.25, -0.2) is 0 Å². The van der Waals surface area contributed by atoms with Crippen LogP contribution >= 0.6 is 0 Å². The molecule has 1 saturated heterocycles. The SMILES string of the molecule is COCCN1C(=O)C(=O)/C(=C(\O)c2ccc(OC)cc2C)C1c1ccc(OC)c(OC)c1. The summed E-state index contributed by atoms with van der Waals surface area (Å²) in [6.45, 7) is 2.21. The lowest BCUT2D eigenvalue weighted by atomic mass is 9.93. The number of hydrogen-bond donors (Lipinski definition) is 1. The van der Waals surface area contributed by atoms with Gasteiger partial charge in [0.15, 0.2) is 11.5 Å². The Morgan fingerprint density at radius 3 is 2.28 bits per heavy atom. The van der Waals surface area contributed by atoms with Gasteiger partial charge < -0.3 is 29.0 Å². The van der Waals surface area contributed by atoms with Gasteiger partial charge in [0.05, 0.1) is 39.6 Å². The van der Waals surface area contributed by atoms with Crippen LogP contribution in [0.15, 0.2) is 42.0 Å². The number of aliphatic hydroxyl groups excluding tert-OH is 1. The van der Waals surface area contributed by atoms with Crippen LogP contribution in [0.3, 0.4) is 0 Å². The number of ketones is 1. The summed E-state index contributed by atoms with van der Waals surface area (Å²) in [5, 5.41) is 11.2. The van der Waals surface area contributed by atoms with Crippen LogP contribution < -0.4 is 14.2 Å². The number of hydrogen-bond acceptors (Lipinski definition) is 7. The Kier molecular flexibility index (Phi) is 7.05. The number of aliphatic hydroxyl groups is 1. The summed E-state index contributed by atoms with van der Waals surface area (Å²) >= 11 is 0. The number of carbonyl (C=O) groups excluding carboxylic acids is 2. The molecule has 170 valence electrons. The highest BCUT2D eigenvalue weighted by Crippen LogP contribution is 2.42. The van der Waals surface area contributed by atoms with Gasteiger partial charge in [-0.15, -0.1) is 0 Å². The predicted octanol–water partition coefficient (Wildman–Crippen LogP) is 3.09. The second kappa shape index (κ2) is 9.74. The summed E-state index contributed by atoms with van der Waals surface area (Å²) in [5.74, 6) is -0.124. The summed E-state index contributed by atoms with van der Waals surface area (Å²) in [7, 11) is 6.09. The maximum absolute atomic E-state index is 13.1. The van der Waals surface area contributed by atoms with Crippen LogP contribution in [0.1, 0.15) is 22.7 Å². The molecule has 0 aliphatic carbocycles. The lowest BCUT2D eigenvalue weighted by Gasteiger charge is -2.25. The third kappa shape index (κ3) is 4.13. The third-order valence-electron chi connectivity index (χ3n) is 5.49. The highest BCUT2D eigenvalue weighted by molar-refractivity contribution is 6.46. The number of amides is 1. The summed E-state index contributed by atoms with van der Waals surface area (Å²) in [6.07, 6.45) is 0. The summed E-state index contributed by atoms with van der Waals surface area (Å²) in [5.41, 5.74) is 1.76. The molecular formula is C24H27NO7. The molecular weight excluding hydrogens is 414 g/mol. The molecule has 0 saturated carbocycles. The lowest BCUT2D eigenvalue weighted by Crippen LogP contribution is -2.32. The van der Waals surface area contributed by atoms with Crippen LogP contribution in [0.5, 0.6) is 17.2 Å². The normalized spacial score (nSPS) is 17.5. The molecule has 8 heteroatoms. The van der Waals surface area contributed by atoms with Gasteiger partial charge in [-0.3, -0.25) is 9.59 Å². The van der Waals surface area contributed by atoms with Crippen LogP contribution in [-0.4, -0.2) is 63.3 Å². The molecule has 0 radical (unpaired) electrons. The zero-order valence-corrected chi connectivity index (χ0v) is 18.8. The number of rotatable bonds is 8.